The highest BCUT2D eigenvalue weighted by Crippen LogP contribution is 2.30. The predicted octanol–water partition coefficient (Wildman–Crippen LogP) is 3.26. The van der Waals surface area contributed by atoms with Gasteiger partial charge >= 0.3 is 12.2 Å². The summed E-state index contributed by atoms with van der Waals surface area (Å²) in [5.41, 5.74) is 0.292. The van der Waals surface area contributed by atoms with Gasteiger partial charge in [0.1, 0.15) is 5.60 Å². The van der Waals surface area contributed by atoms with Crippen molar-refractivity contribution in [3.8, 4) is 6.07 Å². The molecule has 1 aliphatic heterocycles. The van der Waals surface area contributed by atoms with Crippen molar-refractivity contribution in [3.05, 3.63) is 35.9 Å². The molecule has 1 aliphatic rings. The fourth-order valence-electron chi connectivity index (χ4n) is 3.50. The number of carbonyl (C=O) groups is 2. The van der Waals surface area contributed by atoms with Crippen LogP contribution in [0, 0.1) is 23.2 Å². The maximum absolute atomic E-state index is 12.2. The van der Waals surface area contributed by atoms with E-state index in [1.807, 2.05) is 37.3 Å². The number of ether oxygens (including phenoxy) is 1. The first-order valence-corrected chi connectivity index (χ1v) is 9.05. The van der Waals surface area contributed by atoms with E-state index in [2.05, 4.69) is 11.4 Å². The van der Waals surface area contributed by atoms with Crippen molar-refractivity contribution >= 4 is 12.2 Å². The summed E-state index contributed by atoms with van der Waals surface area (Å²) < 4.78 is 5.32. The first-order valence-electron chi connectivity index (χ1n) is 9.05. The summed E-state index contributed by atoms with van der Waals surface area (Å²) in [6, 6.07) is 10.6. The van der Waals surface area contributed by atoms with Crippen LogP contribution in [0.2, 0.25) is 0 Å². The number of hydrogen-bond acceptors (Lipinski definition) is 4. The molecule has 7 nitrogen and oxygen atoms in total. The van der Waals surface area contributed by atoms with Gasteiger partial charge in [-0.25, -0.2) is 9.59 Å². The van der Waals surface area contributed by atoms with E-state index >= 15 is 0 Å². The minimum Gasteiger partial charge on any atom is -0.465 e. The summed E-state index contributed by atoms with van der Waals surface area (Å²) in [5.74, 6) is -0.900. The van der Waals surface area contributed by atoms with Crippen molar-refractivity contribution in [1.29, 1.82) is 5.26 Å². The lowest BCUT2D eigenvalue weighted by Gasteiger charge is -2.45. The second kappa shape index (κ2) is 8.30. The van der Waals surface area contributed by atoms with Gasteiger partial charge < -0.3 is 20.1 Å². The molecule has 1 aromatic carbocycles. The van der Waals surface area contributed by atoms with Crippen molar-refractivity contribution in [3.63, 3.8) is 0 Å². The van der Waals surface area contributed by atoms with E-state index in [1.54, 1.807) is 20.8 Å². The Balaban J connectivity index is 2.26. The molecule has 146 valence electrons. The Bertz CT molecular complexity index is 708. The first kappa shape index (κ1) is 20.6. The lowest BCUT2D eigenvalue weighted by molar-refractivity contribution is 0.0291. The molecule has 1 aromatic rings. The van der Waals surface area contributed by atoms with Gasteiger partial charge in [0.25, 0.3) is 0 Å². The molecule has 0 bridgehead atoms. The highest BCUT2D eigenvalue weighted by atomic mass is 16.6. The van der Waals surface area contributed by atoms with Gasteiger partial charge in [0.05, 0.1) is 24.1 Å². The Morgan fingerprint density at radius 3 is 2.48 bits per heavy atom. The van der Waals surface area contributed by atoms with Crippen LogP contribution in [0.3, 0.4) is 0 Å². The minimum atomic E-state index is -1.06. The largest absolute Gasteiger partial charge is 0.465 e. The van der Waals surface area contributed by atoms with Gasteiger partial charge in [0.2, 0.25) is 0 Å². The van der Waals surface area contributed by atoms with Crippen molar-refractivity contribution in [2.75, 3.05) is 6.54 Å². The summed E-state index contributed by atoms with van der Waals surface area (Å²) in [5, 5.41) is 22.3. The quantitative estimate of drug-likeness (QED) is 0.846. The molecular weight excluding hydrogens is 346 g/mol. The van der Waals surface area contributed by atoms with Crippen molar-refractivity contribution in [2.24, 2.45) is 11.8 Å². The fraction of sp³-hybridized carbons (Fsp3) is 0.550. The van der Waals surface area contributed by atoms with Crippen LogP contribution >= 0.6 is 0 Å². The van der Waals surface area contributed by atoms with Crippen LogP contribution in [0.4, 0.5) is 9.59 Å². The van der Waals surface area contributed by atoms with Crippen LogP contribution < -0.4 is 5.32 Å². The molecule has 27 heavy (non-hydrogen) atoms. The summed E-state index contributed by atoms with van der Waals surface area (Å²) in [4.78, 5) is 25.3. The van der Waals surface area contributed by atoms with Crippen LogP contribution in [0.25, 0.3) is 0 Å². The first-order chi connectivity index (χ1) is 12.6. The van der Waals surface area contributed by atoms with Crippen LogP contribution in [0.1, 0.15) is 33.3 Å². The van der Waals surface area contributed by atoms with Gasteiger partial charge in [0, 0.05) is 6.54 Å². The second-order valence-corrected chi connectivity index (χ2v) is 8.00. The third kappa shape index (κ3) is 5.36. The fourth-order valence-corrected chi connectivity index (χ4v) is 3.50. The normalized spacial score (nSPS) is 25.4. The minimum absolute atomic E-state index is 0.217. The average molecular weight is 373 g/mol. The van der Waals surface area contributed by atoms with E-state index in [0.29, 0.717) is 6.42 Å². The van der Waals surface area contributed by atoms with Gasteiger partial charge in [-0.05, 0) is 38.7 Å². The molecule has 4 atom stereocenters. The molecule has 1 saturated heterocycles. The SMILES string of the molecule is CC1CN(C(=O)O)C(Cc2ccccc2)C(C#N)C1NC(=O)OC(C)(C)C. The van der Waals surface area contributed by atoms with E-state index in [4.69, 9.17) is 4.74 Å². The van der Waals surface area contributed by atoms with Crippen LogP contribution in [0.5, 0.6) is 0 Å². The highest BCUT2D eigenvalue weighted by molar-refractivity contribution is 5.69. The molecule has 2 N–H and O–H groups in total. The number of carboxylic acid groups (broad SMARTS) is 1. The molecule has 7 heteroatoms. The Morgan fingerprint density at radius 2 is 1.96 bits per heavy atom. The molecule has 2 amide bonds. The molecule has 0 aliphatic carbocycles. The molecule has 1 heterocycles. The topological polar surface area (TPSA) is 103 Å². The van der Waals surface area contributed by atoms with Crippen LogP contribution in [-0.4, -0.2) is 46.4 Å². The molecular formula is C20H27N3O4. The van der Waals surface area contributed by atoms with E-state index in [1.165, 1.54) is 4.90 Å². The molecule has 1 fully saturated rings. The number of carbonyl (C=O) groups excluding carboxylic acids is 1. The van der Waals surface area contributed by atoms with Crippen molar-refractivity contribution in [2.45, 2.75) is 51.8 Å². The van der Waals surface area contributed by atoms with Crippen LogP contribution in [0.15, 0.2) is 30.3 Å². The van der Waals surface area contributed by atoms with Crippen LogP contribution in [-0.2, 0) is 11.2 Å². The monoisotopic (exact) mass is 373 g/mol. The standard InChI is InChI=1S/C20H27N3O4/c1-13-12-23(19(25)26)16(10-14-8-6-5-7-9-14)15(11-21)17(13)22-18(24)27-20(2,3)4/h5-9,13,15-17H,10,12H2,1-4H3,(H,22,24)(H,25,26). The summed E-state index contributed by atoms with van der Waals surface area (Å²) in [6.45, 7) is 7.38. The second-order valence-electron chi connectivity index (χ2n) is 8.00. The molecule has 2 rings (SSSR count). The van der Waals surface area contributed by atoms with E-state index in [9.17, 15) is 20.0 Å². The Labute approximate surface area is 159 Å². The number of nitriles is 1. The number of amides is 2. The maximum atomic E-state index is 12.2. The number of alkyl carbamates (subject to hydrolysis) is 1. The Hall–Kier alpha value is -2.75. The van der Waals surface area contributed by atoms with E-state index in [0.717, 1.165) is 5.56 Å². The van der Waals surface area contributed by atoms with Gasteiger partial charge in [-0.3, -0.25) is 0 Å². The zero-order valence-electron chi connectivity index (χ0n) is 16.2. The molecule has 0 aromatic heterocycles. The lowest BCUT2D eigenvalue weighted by atomic mass is 9.78. The number of nitrogens with one attached hydrogen (secondary N) is 1. The summed E-state index contributed by atoms with van der Waals surface area (Å²) in [7, 11) is 0. The van der Waals surface area contributed by atoms with Gasteiger partial charge in [-0.15, -0.1) is 0 Å². The molecule has 0 spiro atoms. The Morgan fingerprint density at radius 1 is 1.33 bits per heavy atom. The zero-order valence-corrected chi connectivity index (χ0v) is 16.2. The number of rotatable bonds is 3. The summed E-state index contributed by atoms with van der Waals surface area (Å²) in [6.07, 6.45) is -1.24. The number of hydrogen-bond donors (Lipinski definition) is 2. The summed E-state index contributed by atoms with van der Waals surface area (Å²) >= 11 is 0. The molecule has 0 saturated carbocycles. The number of piperidine rings is 1. The molecule has 4 unspecified atom stereocenters. The predicted molar refractivity (Wildman–Crippen MR) is 100 cm³/mol. The van der Waals surface area contributed by atoms with E-state index < -0.39 is 35.8 Å². The van der Waals surface area contributed by atoms with E-state index in [-0.39, 0.29) is 12.5 Å². The third-order valence-electron chi connectivity index (χ3n) is 4.67. The zero-order chi connectivity index (χ0) is 20.2. The number of benzene rings is 1. The average Bonchev–Trinajstić information content (AvgIpc) is 2.56. The number of likely N-dealkylation sites (tertiary alicyclic amines) is 1. The van der Waals surface area contributed by atoms with Gasteiger partial charge in [-0.2, -0.15) is 5.26 Å². The third-order valence-corrected chi connectivity index (χ3v) is 4.67. The van der Waals surface area contributed by atoms with Crippen molar-refractivity contribution < 1.29 is 19.4 Å². The van der Waals surface area contributed by atoms with Gasteiger partial charge in [-0.1, -0.05) is 37.3 Å². The van der Waals surface area contributed by atoms with Crippen molar-refractivity contribution in [1.82, 2.24) is 10.2 Å². The highest BCUT2D eigenvalue weighted by Gasteiger charge is 2.45. The molecule has 0 radical (unpaired) electrons. The lowest BCUT2D eigenvalue weighted by Crippen LogP contribution is -2.62. The van der Waals surface area contributed by atoms with Gasteiger partial charge in [0.15, 0.2) is 0 Å². The maximum Gasteiger partial charge on any atom is 0.407 e. The Kier molecular flexibility index (Phi) is 6.32. The smallest absolute Gasteiger partial charge is 0.407 e. The number of nitrogens with zero attached hydrogens (tertiary/aromatic N) is 2.